The highest BCUT2D eigenvalue weighted by atomic mass is 35.5. The summed E-state index contributed by atoms with van der Waals surface area (Å²) in [4.78, 5) is 15.8. The molecule has 19 heavy (non-hydrogen) atoms. The van der Waals surface area contributed by atoms with Crippen molar-refractivity contribution < 1.29 is 14.3 Å². The number of carbonyl (C=O) groups is 1. The Labute approximate surface area is 124 Å². The number of amides is 1. The second-order valence-electron chi connectivity index (χ2n) is 3.63. The molecule has 0 bridgehead atoms. The lowest BCUT2D eigenvalue weighted by Crippen LogP contribution is -2.45. The molecule has 0 saturated carbocycles. The maximum atomic E-state index is 11.9. The van der Waals surface area contributed by atoms with Crippen molar-refractivity contribution in [2.75, 3.05) is 32.1 Å². The Morgan fingerprint density at radius 1 is 1.58 bits per heavy atom. The van der Waals surface area contributed by atoms with E-state index >= 15 is 0 Å². The summed E-state index contributed by atoms with van der Waals surface area (Å²) < 4.78 is 10.5. The molecular formula is C11H17Cl2N3O3. The molecule has 2 rings (SSSR count). The third-order valence-electron chi connectivity index (χ3n) is 2.48. The standard InChI is InChI=1S/C11H15N3O3.2ClH/c1-16-9-2-3-12-6-8(9)14-11(15)10-7-13-4-5-17-10;;/h2-3,6,10,13H,4-5,7H2,1H3,(H,14,15);2*1H. The van der Waals surface area contributed by atoms with E-state index in [1.165, 1.54) is 0 Å². The molecule has 1 aliphatic rings. The molecule has 0 radical (unpaired) electrons. The quantitative estimate of drug-likeness (QED) is 0.866. The van der Waals surface area contributed by atoms with Crippen LogP contribution in [0.3, 0.4) is 0 Å². The zero-order chi connectivity index (χ0) is 12.1. The molecule has 6 nitrogen and oxygen atoms in total. The lowest BCUT2D eigenvalue weighted by atomic mass is 10.2. The first-order chi connectivity index (χ1) is 8.31. The van der Waals surface area contributed by atoms with E-state index in [0.29, 0.717) is 24.6 Å². The van der Waals surface area contributed by atoms with E-state index in [0.717, 1.165) is 6.54 Å². The number of ether oxygens (including phenoxy) is 2. The Kier molecular flexibility index (Phi) is 8.42. The van der Waals surface area contributed by atoms with E-state index < -0.39 is 6.10 Å². The van der Waals surface area contributed by atoms with Gasteiger partial charge in [-0.3, -0.25) is 9.78 Å². The molecular weight excluding hydrogens is 293 g/mol. The van der Waals surface area contributed by atoms with Crippen LogP contribution in [0.2, 0.25) is 0 Å². The molecule has 8 heteroatoms. The molecule has 1 aliphatic heterocycles. The zero-order valence-corrected chi connectivity index (χ0v) is 12.1. The molecule has 0 aromatic carbocycles. The van der Waals surface area contributed by atoms with Crippen molar-refractivity contribution in [2.45, 2.75) is 6.10 Å². The topological polar surface area (TPSA) is 72.5 Å². The summed E-state index contributed by atoms with van der Waals surface area (Å²) in [7, 11) is 1.55. The third-order valence-corrected chi connectivity index (χ3v) is 2.48. The van der Waals surface area contributed by atoms with E-state index in [1.54, 1.807) is 25.6 Å². The summed E-state index contributed by atoms with van der Waals surface area (Å²) in [5.41, 5.74) is 0.550. The molecule has 108 valence electrons. The van der Waals surface area contributed by atoms with E-state index in [2.05, 4.69) is 15.6 Å². The Morgan fingerprint density at radius 3 is 3.00 bits per heavy atom. The van der Waals surface area contributed by atoms with E-state index in [1.807, 2.05) is 0 Å². The van der Waals surface area contributed by atoms with Crippen molar-refractivity contribution in [1.29, 1.82) is 0 Å². The van der Waals surface area contributed by atoms with Crippen molar-refractivity contribution >= 4 is 36.4 Å². The Morgan fingerprint density at radius 2 is 2.37 bits per heavy atom. The number of hydrogen-bond donors (Lipinski definition) is 2. The summed E-state index contributed by atoms with van der Waals surface area (Å²) in [6.45, 7) is 1.84. The first-order valence-electron chi connectivity index (χ1n) is 5.42. The number of carbonyl (C=O) groups excluding carboxylic acids is 1. The minimum absolute atomic E-state index is 0. The molecule has 1 amide bonds. The molecule has 0 aliphatic carbocycles. The molecule has 2 heterocycles. The number of methoxy groups -OCH3 is 1. The summed E-state index contributed by atoms with van der Waals surface area (Å²) in [6, 6.07) is 1.69. The number of halogens is 2. The Balaban J connectivity index is 0.00000162. The SMILES string of the molecule is COc1ccncc1NC(=O)C1CNCCO1.Cl.Cl. The number of pyridine rings is 1. The number of nitrogens with zero attached hydrogens (tertiary/aromatic N) is 1. The van der Waals surface area contributed by atoms with Crippen LogP contribution in [0.4, 0.5) is 5.69 Å². The highest BCUT2D eigenvalue weighted by Gasteiger charge is 2.22. The van der Waals surface area contributed by atoms with Crippen LogP contribution in [0.1, 0.15) is 0 Å². The van der Waals surface area contributed by atoms with Crippen LogP contribution in [0.5, 0.6) is 5.75 Å². The van der Waals surface area contributed by atoms with Crippen LogP contribution in [0.25, 0.3) is 0 Å². The van der Waals surface area contributed by atoms with Crippen LogP contribution >= 0.6 is 24.8 Å². The lowest BCUT2D eigenvalue weighted by Gasteiger charge is -2.22. The van der Waals surface area contributed by atoms with Gasteiger partial charge in [-0.25, -0.2) is 0 Å². The molecule has 1 aromatic heterocycles. The molecule has 1 fully saturated rings. The Hall–Kier alpha value is -1.08. The van der Waals surface area contributed by atoms with Crippen molar-refractivity contribution in [3.8, 4) is 5.75 Å². The van der Waals surface area contributed by atoms with Crippen LogP contribution in [0.15, 0.2) is 18.5 Å². The van der Waals surface area contributed by atoms with Gasteiger partial charge in [-0.2, -0.15) is 0 Å². The predicted molar refractivity (Wildman–Crippen MR) is 76.5 cm³/mol. The molecule has 0 spiro atoms. The van der Waals surface area contributed by atoms with E-state index in [9.17, 15) is 4.79 Å². The highest BCUT2D eigenvalue weighted by Crippen LogP contribution is 2.21. The van der Waals surface area contributed by atoms with Crippen LogP contribution in [0, 0.1) is 0 Å². The zero-order valence-electron chi connectivity index (χ0n) is 10.4. The van der Waals surface area contributed by atoms with E-state index in [4.69, 9.17) is 9.47 Å². The molecule has 1 saturated heterocycles. The number of rotatable bonds is 3. The first-order valence-corrected chi connectivity index (χ1v) is 5.42. The average molecular weight is 310 g/mol. The summed E-state index contributed by atoms with van der Waals surface area (Å²) >= 11 is 0. The highest BCUT2D eigenvalue weighted by molar-refractivity contribution is 5.95. The Bertz CT molecular complexity index is 401. The smallest absolute Gasteiger partial charge is 0.254 e. The molecule has 1 unspecified atom stereocenters. The fraction of sp³-hybridized carbons (Fsp3) is 0.455. The van der Waals surface area contributed by atoms with Gasteiger partial charge in [-0.1, -0.05) is 0 Å². The monoisotopic (exact) mass is 309 g/mol. The molecule has 2 N–H and O–H groups in total. The van der Waals surface area contributed by atoms with Gasteiger partial charge in [0.05, 0.1) is 19.9 Å². The summed E-state index contributed by atoms with van der Waals surface area (Å²) in [5, 5.41) is 5.84. The second-order valence-corrected chi connectivity index (χ2v) is 3.63. The first kappa shape index (κ1) is 17.9. The fourth-order valence-electron chi connectivity index (χ4n) is 1.60. The van der Waals surface area contributed by atoms with E-state index in [-0.39, 0.29) is 30.7 Å². The van der Waals surface area contributed by atoms with Gasteiger partial charge in [0.2, 0.25) is 0 Å². The molecule has 1 aromatic rings. The maximum Gasteiger partial charge on any atom is 0.254 e. The fourth-order valence-corrected chi connectivity index (χ4v) is 1.60. The van der Waals surface area contributed by atoms with Gasteiger partial charge in [-0.05, 0) is 0 Å². The largest absolute Gasteiger partial charge is 0.494 e. The van der Waals surface area contributed by atoms with Crippen LogP contribution in [-0.2, 0) is 9.53 Å². The predicted octanol–water partition coefficient (Wildman–Crippen LogP) is 0.861. The molecule has 1 atom stereocenters. The third kappa shape index (κ3) is 4.83. The van der Waals surface area contributed by atoms with Crippen molar-refractivity contribution in [2.24, 2.45) is 0 Å². The second kappa shape index (κ2) is 8.92. The van der Waals surface area contributed by atoms with Crippen LogP contribution in [-0.4, -0.2) is 43.8 Å². The lowest BCUT2D eigenvalue weighted by molar-refractivity contribution is -0.128. The summed E-state index contributed by atoms with van der Waals surface area (Å²) in [5.74, 6) is 0.389. The van der Waals surface area contributed by atoms with Gasteiger partial charge < -0.3 is 20.1 Å². The van der Waals surface area contributed by atoms with Gasteiger partial charge in [0, 0.05) is 25.4 Å². The van der Waals surface area contributed by atoms with Gasteiger partial charge in [0.15, 0.2) is 0 Å². The normalized spacial score (nSPS) is 17.6. The number of nitrogens with one attached hydrogen (secondary N) is 2. The van der Waals surface area contributed by atoms with Crippen molar-refractivity contribution in [3.05, 3.63) is 18.5 Å². The number of aromatic nitrogens is 1. The van der Waals surface area contributed by atoms with Crippen LogP contribution < -0.4 is 15.4 Å². The van der Waals surface area contributed by atoms with Gasteiger partial charge in [-0.15, -0.1) is 24.8 Å². The minimum atomic E-state index is -0.464. The number of hydrogen-bond acceptors (Lipinski definition) is 5. The average Bonchev–Trinajstić information content (AvgIpc) is 2.40. The maximum absolute atomic E-state index is 11.9. The van der Waals surface area contributed by atoms with Crippen molar-refractivity contribution in [3.63, 3.8) is 0 Å². The van der Waals surface area contributed by atoms with Gasteiger partial charge in [0.1, 0.15) is 17.5 Å². The van der Waals surface area contributed by atoms with Gasteiger partial charge >= 0.3 is 0 Å². The summed E-state index contributed by atoms with van der Waals surface area (Å²) in [6.07, 6.45) is 2.69. The minimum Gasteiger partial charge on any atom is -0.494 e. The number of morpholine rings is 1. The number of anilines is 1. The van der Waals surface area contributed by atoms with Gasteiger partial charge in [0.25, 0.3) is 5.91 Å². The van der Waals surface area contributed by atoms with Crippen molar-refractivity contribution in [1.82, 2.24) is 10.3 Å².